The van der Waals surface area contributed by atoms with Crippen LogP contribution in [0.2, 0.25) is 0 Å². The summed E-state index contributed by atoms with van der Waals surface area (Å²) in [4.78, 5) is 26.3. The lowest BCUT2D eigenvalue weighted by Gasteiger charge is -2.21. The smallest absolute Gasteiger partial charge is 0.268 e. The second-order valence-electron chi connectivity index (χ2n) is 8.05. The van der Waals surface area contributed by atoms with Gasteiger partial charge in [-0.05, 0) is 37.0 Å². The van der Waals surface area contributed by atoms with Crippen LogP contribution >= 0.6 is 0 Å². The quantitative estimate of drug-likeness (QED) is 0.572. The maximum absolute atomic E-state index is 13.2. The third kappa shape index (κ3) is 4.54. The molecule has 166 valence electrons. The van der Waals surface area contributed by atoms with Gasteiger partial charge < -0.3 is 19.9 Å². The van der Waals surface area contributed by atoms with Gasteiger partial charge in [-0.1, -0.05) is 67.6 Å². The highest BCUT2D eigenvalue weighted by Gasteiger charge is 2.28. The molecule has 0 saturated carbocycles. The molecule has 2 atom stereocenters. The van der Waals surface area contributed by atoms with Gasteiger partial charge in [0.25, 0.3) is 11.8 Å². The number of fused-ring (bicyclic) bond motifs is 1. The van der Waals surface area contributed by atoms with Crippen molar-refractivity contribution in [2.24, 2.45) is 0 Å². The van der Waals surface area contributed by atoms with E-state index >= 15 is 0 Å². The second-order valence-corrected chi connectivity index (χ2v) is 8.05. The number of amides is 2. The summed E-state index contributed by atoms with van der Waals surface area (Å²) >= 11 is 0. The molecular formula is C26H29N3O3. The monoisotopic (exact) mass is 431 g/mol. The molecule has 0 fully saturated rings. The molecule has 0 bridgehead atoms. The van der Waals surface area contributed by atoms with Crippen molar-refractivity contribution in [2.45, 2.75) is 45.3 Å². The van der Waals surface area contributed by atoms with Crippen molar-refractivity contribution in [3.63, 3.8) is 0 Å². The molecule has 0 spiro atoms. The van der Waals surface area contributed by atoms with Gasteiger partial charge in [-0.25, -0.2) is 0 Å². The van der Waals surface area contributed by atoms with Gasteiger partial charge in [-0.2, -0.15) is 0 Å². The van der Waals surface area contributed by atoms with E-state index in [4.69, 9.17) is 4.74 Å². The van der Waals surface area contributed by atoms with Gasteiger partial charge in [-0.3, -0.25) is 9.59 Å². The number of carbonyl (C=O) groups excluding carboxylic acids is 2. The zero-order valence-electron chi connectivity index (χ0n) is 18.5. The minimum absolute atomic E-state index is 0.113. The van der Waals surface area contributed by atoms with E-state index < -0.39 is 0 Å². The minimum atomic E-state index is -0.235. The highest BCUT2D eigenvalue weighted by atomic mass is 16.5. The fraction of sp³-hybridized carbons (Fsp3) is 0.308. The van der Waals surface area contributed by atoms with Gasteiger partial charge in [-0.15, -0.1) is 0 Å². The number of benzene rings is 2. The number of hydrogen-bond donors (Lipinski definition) is 2. The highest BCUT2D eigenvalue weighted by molar-refractivity contribution is 6.02. The maximum atomic E-state index is 13.2. The van der Waals surface area contributed by atoms with E-state index in [1.54, 1.807) is 6.07 Å². The zero-order valence-corrected chi connectivity index (χ0v) is 18.5. The maximum Gasteiger partial charge on any atom is 0.268 e. The summed E-state index contributed by atoms with van der Waals surface area (Å²) in [5, 5.41) is 6.15. The van der Waals surface area contributed by atoms with E-state index in [1.165, 1.54) is 0 Å². The average Bonchev–Trinajstić information content (AvgIpc) is 3.23. The molecule has 2 heterocycles. The SMILES string of the molecule is CC[C@H](NC(=O)c1cc(C(=O)N[C@@H](C)c2ccccc2)n2c1OCCC2)c1ccccc1. The van der Waals surface area contributed by atoms with E-state index in [0.29, 0.717) is 30.3 Å². The highest BCUT2D eigenvalue weighted by Crippen LogP contribution is 2.29. The number of ether oxygens (including phenoxy) is 1. The Labute approximate surface area is 188 Å². The molecule has 0 unspecified atom stereocenters. The average molecular weight is 432 g/mol. The van der Waals surface area contributed by atoms with Crippen LogP contribution in [0, 0.1) is 0 Å². The predicted octanol–water partition coefficient (Wildman–Crippen LogP) is 4.64. The molecule has 32 heavy (non-hydrogen) atoms. The van der Waals surface area contributed by atoms with Crippen LogP contribution < -0.4 is 15.4 Å². The number of hydrogen-bond acceptors (Lipinski definition) is 3. The molecule has 0 saturated heterocycles. The van der Waals surface area contributed by atoms with Crippen molar-refractivity contribution >= 4 is 11.8 Å². The van der Waals surface area contributed by atoms with E-state index in [0.717, 1.165) is 24.0 Å². The van der Waals surface area contributed by atoms with Crippen molar-refractivity contribution in [2.75, 3.05) is 6.61 Å². The van der Waals surface area contributed by atoms with Crippen LogP contribution in [-0.4, -0.2) is 23.0 Å². The van der Waals surface area contributed by atoms with Crippen LogP contribution in [0.1, 0.15) is 70.7 Å². The molecule has 1 aliphatic rings. The molecule has 0 radical (unpaired) electrons. The van der Waals surface area contributed by atoms with Crippen molar-refractivity contribution < 1.29 is 14.3 Å². The Kier molecular flexibility index (Phi) is 6.59. The van der Waals surface area contributed by atoms with Crippen molar-refractivity contribution in [3.05, 3.63) is 89.1 Å². The van der Waals surface area contributed by atoms with Gasteiger partial charge >= 0.3 is 0 Å². The first-order chi connectivity index (χ1) is 15.6. The van der Waals surface area contributed by atoms with Crippen LogP contribution in [0.4, 0.5) is 0 Å². The largest absolute Gasteiger partial charge is 0.478 e. The number of carbonyl (C=O) groups is 2. The molecule has 1 aliphatic heterocycles. The first-order valence-electron chi connectivity index (χ1n) is 11.2. The van der Waals surface area contributed by atoms with E-state index in [1.807, 2.05) is 79.1 Å². The number of nitrogens with zero attached hydrogens (tertiary/aromatic N) is 1. The topological polar surface area (TPSA) is 72.4 Å². The summed E-state index contributed by atoms with van der Waals surface area (Å²) in [6, 6.07) is 21.1. The van der Waals surface area contributed by atoms with Crippen molar-refractivity contribution in [1.82, 2.24) is 15.2 Å². The summed E-state index contributed by atoms with van der Waals surface area (Å²) in [5.41, 5.74) is 2.91. The van der Waals surface area contributed by atoms with Gasteiger partial charge in [0, 0.05) is 6.54 Å². The lowest BCUT2D eigenvalue weighted by atomic mass is 10.0. The lowest BCUT2D eigenvalue weighted by Crippen LogP contribution is -2.29. The first kappa shape index (κ1) is 21.7. The fourth-order valence-corrected chi connectivity index (χ4v) is 4.09. The standard InChI is InChI=1S/C26H29N3O3/c1-3-22(20-13-8-5-9-14-20)28-24(30)21-17-23(29-15-10-16-32-26(21)29)25(31)27-18(2)19-11-6-4-7-12-19/h4-9,11-14,17-18,22H,3,10,15-16H2,1-2H3,(H,27,31)(H,28,30)/t18-,22-/m0/s1. The Morgan fingerprint density at radius 1 is 0.969 bits per heavy atom. The minimum Gasteiger partial charge on any atom is -0.478 e. The van der Waals surface area contributed by atoms with Crippen LogP contribution in [0.25, 0.3) is 0 Å². The zero-order chi connectivity index (χ0) is 22.5. The Morgan fingerprint density at radius 3 is 2.28 bits per heavy atom. The lowest BCUT2D eigenvalue weighted by molar-refractivity contribution is 0.0916. The Balaban J connectivity index is 1.57. The Hall–Kier alpha value is -3.54. The van der Waals surface area contributed by atoms with Gasteiger partial charge in [0.05, 0.1) is 18.7 Å². The third-order valence-corrected chi connectivity index (χ3v) is 5.85. The fourth-order valence-electron chi connectivity index (χ4n) is 4.09. The van der Waals surface area contributed by atoms with E-state index in [2.05, 4.69) is 10.6 Å². The molecule has 2 amide bonds. The third-order valence-electron chi connectivity index (χ3n) is 5.85. The molecule has 2 N–H and O–H groups in total. The number of rotatable bonds is 7. The van der Waals surface area contributed by atoms with Crippen LogP contribution in [0.5, 0.6) is 5.88 Å². The van der Waals surface area contributed by atoms with Crippen LogP contribution in [0.3, 0.4) is 0 Å². The summed E-state index contributed by atoms with van der Waals surface area (Å²) in [6.45, 7) is 5.15. The molecular weight excluding hydrogens is 402 g/mol. The van der Waals surface area contributed by atoms with Gasteiger partial charge in [0.15, 0.2) is 0 Å². The Bertz CT molecular complexity index is 1080. The van der Waals surface area contributed by atoms with Crippen molar-refractivity contribution in [3.8, 4) is 5.88 Å². The molecule has 3 aromatic rings. The second kappa shape index (κ2) is 9.73. The van der Waals surface area contributed by atoms with Gasteiger partial charge in [0.1, 0.15) is 11.3 Å². The summed E-state index contributed by atoms with van der Waals surface area (Å²) in [6.07, 6.45) is 1.55. The normalized spacial score (nSPS) is 14.6. The number of aromatic nitrogens is 1. The Morgan fingerprint density at radius 2 is 1.62 bits per heavy atom. The van der Waals surface area contributed by atoms with Crippen LogP contribution in [0.15, 0.2) is 66.7 Å². The molecule has 2 aromatic carbocycles. The summed E-state index contributed by atoms with van der Waals surface area (Å²) in [7, 11) is 0. The summed E-state index contributed by atoms with van der Waals surface area (Å²) in [5.74, 6) is 0.0120. The molecule has 6 heteroatoms. The molecule has 1 aromatic heterocycles. The van der Waals surface area contributed by atoms with E-state index in [-0.39, 0.29) is 23.9 Å². The predicted molar refractivity (Wildman–Crippen MR) is 124 cm³/mol. The number of nitrogens with one attached hydrogen (secondary N) is 2. The molecule has 6 nitrogen and oxygen atoms in total. The van der Waals surface area contributed by atoms with Gasteiger partial charge in [0.2, 0.25) is 5.88 Å². The summed E-state index contributed by atoms with van der Waals surface area (Å²) < 4.78 is 7.65. The molecule has 0 aliphatic carbocycles. The van der Waals surface area contributed by atoms with Crippen molar-refractivity contribution in [1.29, 1.82) is 0 Å². The van der Waals surface area contributed by atoms with Crippen LogP contribution in [-0.2, 0) is 6.54 Å². The first-order valence-corrected chi connectivity index (χ1v) is 11.2. The van der Waals surface area contributed by atoms with E-state index in [9.17, 15) is 9.59 Å². The molecule has 4 rings (SSSR count).